The first-order valence-corrected chi connectivity index (χ1v) is 11.3. The summed E-state index contributed by atoms with van der Waals surface area (Å²) in [5, 5.41) is 9.14. The van der Waals surface area contributed by atoms with E-state index in [0.717, 1.165) is 79.3 Å². The van der Waals surface area contributed by atoms with Crippen LogP contribution < -0.4 is 10.9 Å². The summed E-state index contributed by atoms with van der Waals surface area (Å²) in [6.07, 6.45) is 8.42. The van der Waals surface area contributed by atoms with Gasteiger partial charge in [0.1, 0.15) is 11.6 Å². The molecule has 0 bridgehead atoms. The molecule has 4 heterocycles. The van der Waals surface area contributed by atoms with Crippen molar-refractivity contribution in [1.29, 1.82) is 0 Å². The topological polar surface area (TPSA) is 88.8 Å². The van der Waals surface area contributed by atoms with Gasteiger partial charge in [0, 0.05) is 31.4 Å². The maximum atomic E-state index is 12.4. The van der Waals surface area contributed by atoms with Crippen LogP contribution in [0.15, 0.2) is 29.2 Å². The molecule has 3 aromatic rings. The van der Waals surface area contributed by atoms with Crippen molar-refractivity contribution in [1.82, 2.24) is 29.6 Å². The van der Waals surface area contributed by atoms with Crippen molar-refractivity contribution in [2.45, 2.75) is 58.0 Å². The van der Waals surface area contributed by atoms with Crippen LogP contribution in [-0.4, -0.2) is 55.3 Å². The Bertz CT molecular complexity index is 1140. The third-order valence-corrected chi connectivity index (χ3v) is 6.46. The first-order valence-electron chi connectivity index (χ1n) is 11.3. The fraction of sp³-hybridized carbons (Fsp3) is 0.522. The minimum absolute atomic E-state index is 0.0303. The minimum Gasteiger partial charge on any atom is -0.368 e. The summed E-state index contributed by atoms with van der Waals surface area (Å²) in [6, 6.07) is 6.12. The fourth-order valence-electron chi connectivity index (χ4n) is 4.83. The van der Waals surface area contributed by atoms with Crippen LogP contribution in [0.1, 0.15) is 42.8 Å². The number of fused-ring (bicyclic) bond motifs is 2. The van der Waals surface area contributed by atoms with Gasteiger partial charge in [0.2, 0.25) is 0 Å². The summed E-state index contributed by atoms with van der Waals surface area (Å²) in [5.74, 6) is 1.56. The molecule has 0 aromatic carbocycles. The van der Waals surface area contributed by atoms with Crippen molar-refractivity contribution in [2.24, 2.45) is 0 Å². The molecule has 1 atom stereocenters. The van der Waals surface area contributed by atoms with Gasteiger partial charge in [-0.2, -0.15) is 5.10 Å². The fourth-order valence-corrected chi connectivity index (χ4v) is 4.83. The lowest BCUT2D eigenvalue weighted by molar-refractivity contribution is 0.148. The number of aromatic nitrogens is 5. The van der Waals surface area contributed by atoms with Crippen LogP contribution >= 0.6 is 0 Å². The second-order valence-electron chi connectivity index (χ2n) is 8.59. The average Bonchev–Trinajstić information content (AvgIpc) is 3.23. The standard InChI is InChI=1S/C23H29N7O/c1-16-26-22-19(8-5-10-24-22)23(27-16)25-15-18-7-2-3-11-29(18)12-13-30-21(31)14-17-6-4-9-20(17)28-30/h5,8,10,14,18H,2-4,6-7,9,11-13,15H2,1H3,(H,24,25,26,27). The third-order valence-electron chi connectivity index (χ3n) is 6.46. The first kappa shape index (κ1) is 20.1. The van der Waals surface area contributed by atoms with Gasteiger partial charge in [-0.05, 0) is 63.3 Å². The SMILES string of the molecule is Cc1nc(NCC2CCCCN2CCn2nc3c(cc2=O)CCC3)c2cccnc2n1. The van der Waals surface area contributed by atoms with E-state index in [-0.39, 0.29) is 5.56 Å². The Kier molecular flexibility index (Phi) is 5.63. The molecule has 8 nitrogen and oxygen atoms in total. The summed E-state index contributed by atoms with van der Waals surface area (Å²) in [7, 11) is 0. The lowest BCUT2D eigenvalue weighted by Crippen LogP contribution is -2.45. The van der Waals surface area contributed by atoms with Crippen molar-refractivity contribution in [3.05, 3.63) is 51.8 Å². The Labute approximate surface area is 181 Å². The molecule has 0 saturated carbocycles. The van der Waals surface area contributed by atoms with Crippen molar-refractivity contribution in [3.63, 3.8) is 0 Å². The highest BCUT2D eigenvalue weighted by atomic mass is 16.1. The van der Waals surface area contributed by atoms with Crippen molar-refractivity contribution in [2.75, 3.05) is 25.0 Å². The zero-order valence-corrected chi connectivity index (χ0v) is 18.0. The van der Waals surface area contributed by atoms with Crippen LogP contribution in [-0.2, 0) is 19.4 Å². The molecule has 162 valence electrons. The quantitative estimate of drug-likeness (QED) is 0.656. The Morgan fingerprint density at radius 3 is 3.03 bits per heavy atom. The number of hydrogen-bond acceptors (Lipinski definition) is 7. The number of pyridine rings is 1. The Hall–Kier alpha value is -2.87. The molecule has 1 N–H and O–H groups in total. The number of hydrogen-bond donors (Lipinski definition) is 1. The summed E-state index contributed by atoms with van der Waals surface area (Å²) >= 11 is 0. The molecule has 1 fully saturated rings. The molecule has 1 unspecified atom stereocenters. The second-order valence-corrected chi connectivity index (χ2v) is 8.59. The lowest BCUT2D eigenvalue weighted by atomic mass is 10.0. The second kappa shape index (κ2) is 8.70. The van der Waals surface area contributed by atoms with Crippen LogP contribution in [0.2, 0.25) is 0 Å². The number of nitrogens with zero attached hydrogens (tertiary/aromatic N) is 6. The number of piperidine rings is 1. The number of nitrogens with one attached hydrogen (secondary N) is 1. The molecule has 1 aliphatic heterocycles. The van der Waals surface area contributed by atoms with Gasteiger partial charge in [-0.1, -0.05) is 6.42 Å². The van der Waals surface area contributed by atoms with Gasteiger partial charge in [-0.15, -0.1) is 0 Å². The van der Waals surface area contributed by atoms with Crippen LogP contribution in [0.4, 0.5) is 5.82 Å². The summed E-state index contributed by atoms with van der Waals surface area (Å²) < 4.78 is 1.66. The maximum absolute atomic E-state index is 12.4. The molecule has 3 aromatic heterocycles. The highest BCUT2D eigenvalue weighted by Crippen LogP contribution is 2.21. The summed E-state index contributed by atoms with van der Waals surface area (Å²) in [5.41, 5.74) is 3.00. The van der Waals surface area contributed by atoms with Crippen LogP contribution in [0, 0.1) is 6.92 Å². The van der Waals surface area contributed by atoms with E-state index in [1.807, 2.05) is 19.1 Å². The lowest BCUT2D eigenvalue weighted by Gasteiger charge is -2.36. The minimum atomic E-state index is 0.0303. The molecule has 2 aliphatic rings. The predicted octanol–water partition coefficient (Wildman–Crippen LogP) is 2.35. The van der Waals surface area contributed by atoms with E-state index in [1.54, 1.807) is 16.9 Å². The van der Waals surface area contributed by atoms with E-state index in [1.165, 1.54) is 12.8 Å². The molecular weight excluding hydrogens is 390 g/mol. The van der Waals surface area contributed by atoms with E-state index in [0.29, 0.717) is 12.6 Å². The van der Waals surface area contributed by atoms with Crippen LogP contribution in [0.5, 0.6) is 0 Å². The molecular formula is C23H29N7O. The smallest absolute Gasteiger partial charge is 0.267 e. The normalized spacial score (nSPS) is 18.9. The monoisotopic (exact) mass is 419 g/mol. The average molecular weight is 420 g/mol. The Morgan fingerprint density at radius 1 is 1.16 bits per heavy atom. The highest BCUT2D eigenvalue weighted by Gasteiger charge is 2.23. The number of rotatable bonds is 6. The molecule has 5 rings (SSSR count). The van der Waals surface area contributed by atoms with Gasteiger partial charge < -0.3 is 5.32 Å². The van der Waals surface area contributed by atoms with E-state index in [4.69, 9.17) is 0 Å². The van der Waals surface area contributed by atoms with Crippen molar-refractivity contribution in [3.8, 4) is 0 Å². The molecule has 0 radical (unpaired) electrons. The van der Waals surface area contributed by atoms with Gasteiger partial charge in [0.05, 0.1) is 17.6 Å². The Morgan fingerprint density at radius 2 is 2.10 bits per heavy atom. The van der Waals surface area contributed by atoms with Gasteiger partial charge in [0.25, 0.3) is 5.56 Å². The van der Waals surface area contributed by atoms with Crippen molar-refractivity contribution < 1.29 is 0 Å². The molecule has 0 amide bonds. The van der Waals surface area contributed by atoms with Gasteiger partial charge in [-0.25, -0.2) is 19.6 Å². The number of aryl methyl sites for hydroxylation is 3. The van der Waals surface area contributed by atoms with Crippen molar-refractivity contribution >= 4 is 16.9 Å². The zero-order chi connectivity index (χ0) is 21.2. The summed E-state index contributed by atoms with van der Waals surface area (Å²) in [6.45, 7) is 5.24. The van der Waals surface area contributed by atoms with Gasteiger partial charge >= 0.3 is 0 Å². The van der Waals surface area contributed by atoms with E-state index >= 15 is 0 Å². The highest BCUT2D eigenvalue weighted by molar-refractivity contribution is 5.86. The number of likely N-dealkylation sites (tertiary alicyclic amines) is 1. The summed E-state index contributed by atoms with van der Waals surface area (Å²) in [4.78, 5) is 28.4. The molecule has 0 spiro atoms. The third kappa shape index (κ3) is 4.30. The van der Waals surface area contributed by atoms with E-state index in [9.17, 15) is 4.79 Å². The zero-order valence-electron chi connectivity index (χ0n) is 18.0. The van der Waals surface area contributed by atoms with E-state index < -0.39 is 0 Å². The first-order chi connectivity index (χ1) is 15.2. The van der Waals surface area contributed by atoms with Crippen LogP contribution in [0.3, 0.4) is 0 Å². The predicted molar refractivity (Wildman–Crippen MR) is 120 cm³/mol. The molecule has 1 saturated heterocycles. The van der Waals surface area contributed by atoms with Gasteiger partial charge in [-0.3, -0.25) is 9.69 Å². The largest absolute Gasteiger partial charge is 0.368 e. The Balaban J connectivity index is 1.27. The molecule has 1 aliphatic carbocycles. The molecule has 8 heteroatoms. The number of anilines is 1. The van der Waals surface area contributed by atoms with Crippen LogP contribution in [0.25, 0.3) is 11.0 Å². The van der Waals surface area contributed by atoms with Gasteiger partial charge in [0.15, 0.2) is 5.65 Å². The van der Waals surface area contributed by atoms with E-state index in [2.05, 4.69) is 30.3 Å². The maximum Gasteiger partial charge on any atom is 0.267 e. The molecule has 31 heavy (non-hydrogen) atoms.